The molecule has 6 nitrogen and oxygen atoms in total. The number of amides is 1. The molecule has 0 radical (unpaired) electrons. The van der Waals surface area contributed by atoms with E-state index in [0.717, 1.165) is 30.7 Å². The zero-order valence-corrected chi connectivity index (χ0v) is 14.5. The number of nitrogens with zero attached hydrogens (tertiary/aromatic N) is 4. The molecule has 4 rings (SSSR count). The predicted molar refractivity (Wildman–Crippen MR) is 90.8 cm³/mol. The number of halogens is 1. The molecule has 2 aliphatic heterocycles. The Labute approximate surface area is 144 Å². The van der Waals surface area contributed by atoms with Crippen LogP contribution in [0.1, 0.15) is 48.4 Å². The molecule has 126 valence electrons. The second-order valence-electron chi connectivity index (χ2n) is 6.67. The second kappa shape index (κ2) is 5.48. The molecule has 7 heteroatoms. The molecule has 0 unspecified atom stereocenters. The molecule has 2 aromatic rings. The number of aromatic nitrogens is 3. The SMILES string of the molecule is CC(C)N1Cc2c(-n3nc4n(c3=O)CCCC4)ccc(Cl)c2C1=O. The number of carbonyl (C=O) groups excluding carboxylic acids is 1. The molecule has 0 bridgehead atoms. The largest absolute Gasteiger partial charge is 0.350 e. The number of rotatable bonds is 2. The minimum absolute atomic E-state index is 0.0701. The maximum Gasteiger partial charge on any atom is 0.350 e. The van der Waals surface area contributed by atoms with E-state index in [-0.39, 0.29) is 17.6 Å². The van der Waals surface area contributed by atoms with Gasteiger partial charge in [0, 0.05) is 31.1 Å². The van der Waals surface area contributed by atoms with Gasteiger partial charge in [-0.1, -0.05) is 11.6 Å². The van der Waals surface area contributed by atoms with Crippen molar-refractivity contribution in [2.24, 2.45) is 0 Å². The summed E-state index contributed by atoms with van der Waals surface area (Å²) < 4.78 is 3.18. The Bertz CT molecular complexity index is 897. The van der Waals surface area contributed by atoms with Gasteiger partial charge in [-0.25, -0.2) is 4.79 Å². The van der Waals surface area contributed by atoms with Crippen LogP contribution in [0.15, 0.2) is 16.9 Å². The first kappa shape index (κ1) is 15.4. The molecule has 1 amide bonds. The van der Waals surface area contributed by atoms with Crippen molar-refractivity contribution < 1.29 is 4.79 Å². The van der Waals surface area contributed by atoms with Crippen LogP contribution < -0.4 is 5.69 Å². The first-order valence-corrected chi connectivity index (χ1v) is 8.68. The summed E-state index contributed by atoms with van der Waals surface area (Å²) in [5, 5.41) is 4.95. The van der Waals surface area contributed by atoms with E-state index in [0.29, 0.717) is 29.4 Å². The third-order valence-electron chi connectivity index (χ3n) is 4.86. The Morgan fingerprint density at radius 1 is 1.21 bits per heavy atom. The van der Waals surface area contributed by atoms with Crippen molar-refractivity contribution in [3.63, 3.8) is 0 Å². The molecule has 0 fully saturated rings. The van der Waals surface area contributed by atoms with E-state index in [1.807, 2.05) is 13.8 Å². The summed E-state index contributed by atoms with van der Waals surface area (Å²) in [7, 11) is 0. The fraction of sp³-hybridized carbons (Fsp3) is 0.471. The highest BCUT2D eigenvalue weighted by Gasteiger charge is 2.34. The Hall–Kier alpha value is -2.08. The van der Waals surface area contributed by atoms with E-state index in [1.165, 1.54) is 4.68 Å². The van der Waals surface area contributed by atoms with Gasteiger partial charge >= 0.3 is 5.69 Å². The maximum absolute atomic E-state index is 12.7. The van der Waals surface area contributed by atoms with Crippen LogP contribution in [0.4, 0.5) is 0 Å². The van der Waals surface area contributed by atoms with Gasteiger partial charge in [0.15, 0.2) is 0 Å². The zero-order chi connectivity index (χ0) is 17.0. The van der Waals surface area contributed by atoms with Gasteiger partial charge < -0.3 is 4.90 Å². The van der Waals surface area contributed by atoms with Crippen molar-refractivity contribution in [2.45, 2.75) is 52.2 Å². The van der Waals surface area contributed by atoms with E-state index in [9.17, 15) is 9.59 Å². The van der Waals surface area contributed by atoms with Crippen LogP contribution in [0.3, 0.4) is 0 Å². The minimum Gasteiger partial charge on any atom is -0.332 e. The van der Waals surface area contributed by atoms with Gasteiger partial charge in [0.05, 0.1) is 16.3 Å². The van der Waals surface area contributed by atoms with Gasteiger partial charge in [-0.2, -0.15) is 4.68 Å². The quantitative estimate of drug-likeness (QED) is 0.838. The normalized spacial score (nSPS) is 16.7. The Balaban J connectivity index is 1.90. The van der Waals surface area contributed by atoms with E-state index < -0.39 is 0 Å². The summed E-state index contributed by atoms with van der Waals surface area (Å²) >= 11 is 6.27. The third kappa shape index (κ3) is 2.13. The van der Waals surface area contributed by atoms with Crippen LogP contribution >= 0.6 is 11.6 Å². The predicted octanol–water partition coefficient (Wildman–Crippen LogP) is 2.39. The van der Waals surface area contributed by atoms with Gasteiger partial charge in [-0.3, -0.25) is 9.36 Å². The highest BCUT2D eigenvalue weighted by molar-refractivity contribution is 6.34. The van der Waals surface area contributed by atoms with Crippen molar-refractivity contribution in [2.75, 3.05) is 0 Å². The van der Waals surface area contributed by atoms with Crippen molar-refractivity contribution >= 4 is 17.5 Å². The highest BCUT2D eigenvalue weighted by atomic mass is 35.5. The standard InChI is InChI=1S/C17H19ClN4O2/c1-10(2)21-9-11-13(7-6-12(18)15(11)16(21)23)22-17(24)20-8-4-3-5-14(20)19-22/h6-7,10H,3-5,8-9H2,1-2H3. The zero-order valence-electron chi connectivity index (χ0n) is 13.8. The molecule has 1 aromatic carbocycles. The van der Waals surface area contributed by atoms with Gasteiger partial charge in [0.2, 0.25) is 0 Å². The third-order valence-corrected chi connectivity index (χ3v) is 5.18. The fourth-order valence-electron chi connectivity index (χ4n) is 3.56. The van der Waals surface area contributed by atoms with Gasteiger partial charge in [-0.05, 0) is 38.8 Å². The highest BCUT2D eigenvalue weighted by Crippen LogP contribution is 2.34. The van der Waals surface area contributed by atoms with Crippen LogP contribution in [-0.2, 0) is 19.5 Å². The lowest BCUT2D eigenvalue weighted by Crippen LogP contribution is -2.31. The maximum atomic E-state index is 12.7. The molecular weight excluding hydrogens is 328 g/mol. The number of fused-ring (bicyclic) bond motifs is 2. The molecule has 0 saturated heterocycles. The minimum atomic E-state index is -0.135. The summed E-state index contributed by atoms with van der Waals surface area (Å²) in [5.41, 5.74) is 1.82. The van der Waals surface area contributed by atoms with E-state index in [4.69, 9.17) is 11.6 Å². The molecule has 24 heavy (non-hydrogen) atoms. The van der Waals surface area contributed by atoms with Gasteiger partial charge in [-0.15, -0.1) is 5.10 Å². The molecule has 0 saturated carbocycles. The number of aryl methyl sites for hydroxylation is 1. The summed E-state index contributed by atoms with van der Waals surface area (Å²) in [6, 6.07) is 3.54. The van der Waals surface area contributed by atoms with Crippen LogP contribution in [0.2, 0.25) is 5.02 Å². The lowest BCUT2D eigenvalue weighted by atomic mass is 10.1. The van der Waals surface area contributed by atoms with Gasteiger partial charge in [0.25, 0.3) is 5.91 Å². The van der Waals surface area contributed by atoms with E-state index in [1.54, 1.807) is 21.6 Å². The summed E-state index contributed by atoms with van der Waals surface area (Å²) in [4.78, 5) is 27.1. The topological polar surface area (TPSA) is 60.1 Å². The monoisotopic (exact) mass is 346 g/mol. The number of hydrogen-bond donors (Lipinski definition) is 0. The van der Waals surface area contributed by atoms with Crippen molar-refractivity contribution in [1.29, 1.82) is 0 Å². The van der Waals surface area contributed by atoms with Gasteiger partial charge in [0.1, 0.15) is 5.82 Å². The summed E-state index contributed by atoms with van der Waals surface area (Å²) in [5.74, 6) is 0.740. The first-order chi connectivity index (χ1) is 11.5. The van der Waals surface area contributed by atoms with Crippen LogP contribution in [0.5, 0.6) is 0 Å². The van der Waals surface area contributed by atoms with Crippen LogP contribution in [0, 0.1) is 0 Å². The van der Waals surface area contributed by atoms with Crippen molar-refractivity contribution in [3.8, 4) is 5.69 Å². The summed E-state index contributed by atoms with van der Waals surface area (Å²) in [6.45, 7) is 5.11. The fourth-order valence-corrected chi connectivity index (χ4v) is 3.82. The first-order valence-electron chi connectivity index (χ1n) is 8.30. The molecule has 1 aromatic heterocycles. The van der Waals surface area contributed by atoms with E-state index in [2.05, 4.69) is 5.10 Å². The molecule has 0 spiro atoms. The number of benzene rings is 1. The number of carbonyl (C=O) groups is 1. The Morgan fingerprint density at radius 2 is 2.00 bits per heavy atom. The Morgan fingerprint density at radius 3 is 2.71 bits per heavy atom. The van der Waals surface area contributed by atoms with Crippen LogP contribution in [-0.4, -0.2) is 31.2 Å². The van der Waals surface area contributed by atoms with Crippen molar-refractivity contribution in [3.05, 3.63) is 44.6 Å². The van der Waals surface area contributed by atoms with Crippen molar-refractivity contribution in [1.82, 2.24) is 19.2 Å². The molecule has 2 aliphatic rings. The Kier molecular flexibility index (Phi) is 3.53. The lowest BCUT2D eigenvalue weighted by molar-refractivity contribution is 0.0731. The van der Waals surface area contributed by atoms with E-state index >= 15 is 0 Å². The number of hydrogen-bond acceptors (Lipinski definition) is 3. The summed E-state index contributed by atoms with van der Waals surface area (Å²) in [6.07, 6.45) is 2.86. The second-order valence-corrected chi connectivity index (χ2v) is 7.07. The molecule has 0 atom stereocenters. The average Bonchev–Trinajstić information content (AvgIpc) is 3.08. The molecular formula is C17H19ClN4O2. The van der Waals surface area contributed by atoms with Crippen LogP contribution in [0.25, 0.3) is 5.69 Å². The average molecular weight is 347 g/mol. The molecule has 0 aliphatic carbocycles. The lowest BCUT2D eigenvalue weighted by Gasteiger charge is -2.20. The molecule has 3 heterocycles. The molecule has 0 N–H and O–H groups in total. The smallest absolute Gasteiger partial charge is 0.332 e.